The number of hydrogen-bond acceptors (Lipinski definition) is 1. The summed E-state index contributed by atoms with van der Waals surface area (Å²) in [5.41, 5.74) is 0. The Kier molecular flexibility index (Phi) is 6.63. The number of hydrogen-bond donors (Lipinski definition) is 0. The van der Waals surface area contributed by atoms with Crippen molar-refractivity contribution in [3.8, 4) is 0 Å². The molecule has 1 aliphatic rings. The topological polar surface area (TPSA) is 9.23 Å². The largest absolute Gasteiger partial charge is 0.381 e. The fraction of sp³-hybridized carbons (Fsp3) is 1.00. The average Bonchev–Trinajstić information content (AvgIpc) is 2.10. The molecule has 0 spiro atoms. The lowest BCUT2D eigenvalue weighted by Crippen LogP contribution is -2.19. The summed E-state index contributed by atoms with van der Waals surface area (Å²) in [4.78, 5) is 0. The lowest BCUT2D eigenvalue weighted by Gasteiger charge is -2.24. The van der Waals surface area contributed by atoms with Crippen LogP contribution in [0.25, 0.3) is 0 Å². The van der Waals surface area contributed by atoms with Gasteiger partial charge in [0.05, 0.1) is 0 Å². The molecule has 1 aliphatic heterocycles. The zero-order chi connectivity index (χ0) is 8.69. The molecule has 1 heteroatoms. The maximum absolute atomic E-state index is 5.25. The van der Waals surface area contributed by atoms with E-state index in [1.165, 1.54) is 12.8 Å². The Morgan fingerprint density at radius 2 is 1.55 bits per heavy atom. The molecule has 1 rings (SSSR count). The van der Waals surface area contributed by atoms with Crippen LogP contribution < -0.4 is 0 Å². The van der Waals surface area contributed by atoms with E-state index in [4.69, 9.17) is 4.74 Å². The summed E-state index contributed by atoms with van der Waals surface area (Å²) in [6.45, 7) is 10.6. The SMILES string of the molecule is CC.CC(C)C1CCOCC1. The molecule has 0 radical (unpaired) electrons. The van der Waals surface area contributed by atoms with Gasteiger partial charge in [0.2, 0.25) is 0 Å². The van der Waals surface area contributed by atoms with Crippen LogP contribution in [0.15, 0.2) is 0 Å². The normalized spacial score (nSPS) is 19.4. The molecule has 11 heavy (non-hydrogen) atoms. The standard InChI is InChI=1S/C8H16O.C2H6/c1-7(2)8-3-5-9-6-4-8;1-2/h7-8H,3-6H2,1-2H3;1-2H3. The fourth-order valence-electron chi connectivity index (χ4n) is 1.38. The van der Waals surface area contributed by atoms with Gasteiger partial charge in [0.1, 0.15) is 0 Å². The molecule has 0 aromatic carbocycles. The van der Waals surface area contributed by atoms with Gasteiger partial charge in [-0.15, -0.1) is 0 Å². The Bertz CT molecular complexity index is 72.9. The van der Waals surface area contributed by atoms with Gasteiger partial charge in [-0.3, -0.25) is 0 Å². The quantitative estimate of drug-likeness (QED) is 0.570. The van der Waals surface area contributed by atoms with E-state index >= 15 is 0 Å². The summed E-state index contributed by atoms with van der Waals surface area (Å²) in [6, 6.07) is 0. The van der Waals surface area contributed by atoms with Crippen LogP contribution in [0.1, 0.15) is 40.5 Å². The molecule has 1 nitrogen and oxygen atoms in total. The molecule has 0 unspecified atom stereocenters. The van der Waals surface area contributed by atoms with Crippen molar-refractivity contribution in [2.24, 2.45) is 11.8 Å². The molecule has 0 N–H and O–H groups in total. The van der Waals surface area contributed by atoms with E-state index in [0.29, 0.717) is 0 Å². The zero-order valence-electron chi connectivity index (χ0n) is 8.39. The second kappa shape index (κ2) is 6.66. The molecule has 1 heterocycles. The summed E-state index contributed by atoms with van der Waals surface area (Å²) in [5, 5.41) is 0. The van der Waals surface area contributed by atoms with E-state index in [1.54, 1.807) is 0 Å². The van der Waals surface area contributed by atoms with Gasteiger partial charge < -0.3 is 4.74 Å². The Balaban J connectivity index is 0.000000461. The van der Waals surface area contributed by atoms with Crippen molar-refractivity contribution >= 4 is 0 Å². The van der Waals surface area contributed by atoms with Crippen molar-refractivity contribution in [2.45, 2.75) is 40.5 Å². The van der Waals surface area contributed by atoms with Crippen molar-refractivity contribution in [1.82, 2.24) is 0 Å². The van der Waals surface area contributed by atoms with Crippen LogP contribution in [0.3, 0.4) is 0 Å². The minimum Gasteiger partial charge on any atom is -0.381 e. The Labute approximate surface area is 71.1 Å². The number of rotatable bonds is 1. The van der Waals surface area contributed by atoms with Crippen LogP contribution in [0.4, 0.5) is 0 Å². The molecular formula is C10H22O. The van der Waals surface area contributed by atoms with E-state index in [-0.39, 0.29) is 0 Å². The molecule has 0 aromatic heterocycles. The molecular weight excluding hydrogens is 136 g/mol. The van der Waals surface area contributed by atoms with E-state index < -0.39 is 0 Å². The minimum atomic E-state index is 0.855. The smallest absolute Gasteiger partial charge is 0.0468 e. The Hall–Kier alpha value is -0.0400. The lowest BCUT2D eigenvalue weighted by molar-refractivity contribution is 0.0523. The van der Waals surface area contributed by atoms with Gasteiger partial charge in [-0.2, -0.15) is 0 Å². The first-order chi connectivity index (χ1) is 5.30. The van der Waals surface area contributed by atoms with Crippen molar-refractivity contribution in [2.75, 3.05) is 13.2 Å². The average molecular weight is 158 g/mol. The Morgan fingerprint density at radius 1 is 1.09 bits per heavy atom. The van der Waals surface area contributed by atoms with Crippen molar-refractivity contribution in [1.29, 1.82) is 0 Å². The second-order valence-electron chi connectivity index (χ2n) is 3.19. The fourth-order valence-corrected chi connectivity index (χ4v) is 1.38. The first-order valence-corrected chi connectivity index (χ1v) is 4.88. The third-order valence-corrected chi connectivity index (χ3v) is 2.21. The lowest BCUT2D eigenvalue weighted by atomic mass is 9.89. The van der Waals surface area contributed by atoms with Crippen LogP contribution >= 0.6 is 0 Å². The van der Waals surface area contributed by atoms with Crippen LogP contribution in [-0.4, -0.2) is 13.2 Å². The maximum atomic E-state index is 5.25. The first-order valence-electron chi connectivity index (χ1n) is 4.88. The molecule has 1 saturated heterocycles. The van der Waals surface area contributed by atoms with E-state index in [0.717, 1.165) is 25.0 Å². The third kappa shape index (κ3) is 4.41. The van der Waals surface area contributed by atoms with Crippen molar-refractivity contribution < 1.29 is 4.74 Å². The summed E-state index contributed by atoms with van der Waals surface area (Å²) < 4.78 is 5.25. The van der Waals surface area contributed by atoms with Gasteiger partial charge in [0.15, 0.2) is 0 Å². The van der Waals surface area contributed by atoms with Crippen LogP contribution in [0, 0.1) is 11.8 Å². The van der Waals surface area contributed by atoms with Gasteiger partial charge in [0, 0.05) is 13.2 Å². The molecule has 0 aromatic rings. The minimum absolute atomic E-state index is 0.855. The van der Waals surface area contributed by atoms with E-state index in [9.17, 15) is 0 Å². The molecule has 0 aliphatic carbocycles. The van der Waals surface area contributed by atoms with Crippen molar-refractivity contribution in [3.63, 3.8) is 0 Å². The third-order valence-electron chi connectivity index (χ3n) is 2.21. The van der Waals surface area contributed by atoms with Crippen LogP contribution in [0.5, 0.6) is 0 Å². The van der Waals surface area contributed by atoms with E-state index in [1.807, 2.05) is 13.8 Å². The molecule has 0 atom stereocenters. The highest BCUT2D eigenvalue weighted by molar-refractivity contribution is 4.65. The van der Waals surface area contributed by atoms with Gasteiger partial charge in [-0.05, 0) is 24.7 Å². The van der Waals surface area contributed by atoms with Gasteiger partial charge in [-0.25, -0.2) is 0 Å². The molecule has 1 fully saturated rings. The monoisotopic (exact) mass is 158 g/mol. The van der Waals surface area contributed by atoms with Gasteiger partial charge in [0.25, 0.3) is 0 Å². The summed E-state index contributed by atoms with van der Waals surface area (Å²) in [6.07, 6.45) is 2.55. The van der Waals surface area contributed by atoms with E-state index in [2.05, 4.69) is 13.8 Å². The predicted octanol–water partition coefficient (Wildman–Crippen LogP) is 3.10. The van der Waals surface area contributed by atoms with Gasteiger partial charge in [-0.1, -0.05) is 27.7 Å². The Morgan fingerprint density at radius 3 is 1.82 bits per heavy atom. The number of ether oxygens (including phenoxy) is 1. The molecule has 0 amide bonds. The highest BCUT2D eigenvalue weighted by atomic mass is 16.5. The molecule has 0 saturated carbocycles. The first kappa shape index (κ1) is 11.0. The summed E-state index contributed by atoms with van der Waals surface area (Å²) >= 11 is 0. The predicted molar refractivity (Wildman–Crippen MR) is 49.7 cm³/mol. The molecule has 68 valence electrons. The summed E-state index contributed by atoms with van der Waals surface area (Å²) in [5.74, 6) is 1.78. The highest BCUT2D eigenvalue weighted by Gasteiger charge is 2.16. The summed E-state index contributed by atoms with van der Waals surface area (Å²) in [7, 11) is 0. The van der Waals surface area contributed by atoms with Crippen LogP contribution in [0.2, 0.25) is 0 Å². The zero-order valence-corrected chi connectivity index (χ0v) is 8.39. The van der Waals surface area contributed by atoms with Crippen LogP contribution in [-0.2, 0) is 4.74 Å². The maximum Gasteiger partial charge on any atom is 0.0468 e. The highest BCUT2D eigenvalue weighted by Crippen LogP contribution is 2.22. The molecule has 0 bridgehead atoms. The second-order valence-corrected chi connectivity index (χ2v) is 3.19. The van der Waals surface area contributed by atoms with Crippen molar-refractivity contribution in [3.05, 3.63) is 0 Å². The van der Waals surface area contributed by atoms with Gasteiger partial charge >= 0.3 is 0 Å².